The van der Waals surface area contributed by atoms with Crippen LogP contribution in [0, 0.1) is 6.92 Å². The van der Waals surface area contributed by atoms with Gasteiger partial charge in [0.05, 0.1) is 13.2 Å². The average molecular weight is 474 g/mol. The molecule has 0 spiro atoms. The number of esters is 2. The van der Waals surface area contributed by atoms with Crippen LogP contribution in [0.3, 0.4) is 0 Å². The van der Waals surface area contributed by atoms with Crippen LogP contribution in [0.1, 0.15) is 70.4 Å². The lowest BCUT2D eigenvalue weighted by molar-refractivity contribution is -0.156. The van der Waals surface area contributed by atoms with Crippen molar-refractivity contribution in [1.82, 2.24) is 4.98 Å². The Bertz CT molecular complexity index is 1140. The van der Waals surface area contributed by atoms with Crippen molar-refractivity contribution < 1.29 is 23.9 Å². The summed E-state index contributed by atoms with van der Waals surface area (Å²) in [5.74, 6) is -2.31. The van der Waals surface area contributed by atoms with E-state index in [-0.39, 0.29) is 19.1 Å². The van der Waals surface area contributed by atoms with E-state index in [1.54, 1.807) is 32.2 Å². The third-order valence-corrected chi connectivity index (χ3v) is 5.90. The molecule has 3 aromatic rings. The SMILES string of the molecule is CCOC(=O)C(C(=O)OCC)c1ccc(CC[C@@H](c2ccnc(C)c2)c2ccccc2C=O)cc1. The summed E-state index contributed by atoms with van der Waals surface area (Å²) < 4.78 is 10.2. The topological polar surface area (TPSA) is 82.6 Å². The normalized spacial score (nSPS) is 11.7. The number of benzene rings is 2. The van der Waals surface area contributed by atoms with Gasteiger partial charge in [0.1, 0.15) is 6.29 Å². The maximum Gasteiger partial charge on any atom is 0.324 e. The lowest BCUT2D eigenvalue weighted by Crippen LogP contribution is -2.26. The molecule has 182 valence electrons. The van der Waals surface area contributed by atoms with E-state index < -0.39 is 17.9 Å². The van der Waals surface area contributed by atoms with Gasteiger partial charge < -0.3 is 9.47 Å². The molecule has 6 heteroatoms. The van der Waals surface area contributed by atoms with Crippen molar-refractivity contribution >= 4 is 18.2 Å². The third-order valence-electron chi connectivity index (χ3n) is 5.90. The summed E-state index contributed by atoms with van der Waals surface area (Å²) in [6, 6.07) is 19.1. The molecule has 0 saturated heterocycles. The number of aryl methyl sites for hydroxylation is 2. The fourth-order valence-corrected chi connectivity index (χ4v) is 4.23. The van der Waals surface area contributed by atoms with E-state index in [2.05, 4.69) is 11.1 Å². The van der Waals surface area contributed by atoms with Gasteiger partial charge in [-0.15, -0.1) is 0 Å². The summed E-state index contributed by atoms with van der Waals surface area (Å²) in [7, 11) is 0. The molecule has 0 aliphatic rings. The number of hydrogen-bond donors (Lipinski definition) is 0. The molecule has 1 aromatic heterocycles. The van der Waals surface area contributed by atoms with Crippen molar-refractivity contribution in [3.8, 4) is 0 Å². The summed E-state index contributed by atoms with van der Waals surface area (Å²) in [5.41, 5.74) is 5.28. The predicted molar refractivity (Wildman–Crippen MR) is 133 cm³/mol. The van der Waals surface area contributed by atoms with Gasteiger partial charge in [-0.05, 0) is 68.0 Å². The van der Waals surface area contributed by atoms with Crippen LogP contribution in [-0.2, 0) is 25.5 Å². The Hall–Kier alpha value is -3.80. The highest BCUT2D eigenvalue weighted by Gasteiger charge is 2.31. The van der Waals surface area contributed by atoms with Crippen LogP contribution in [0.15, 0.2) is 66.9 Å². The van der Waals surface area contributed by atoms with Gasteiger partial charge in [-0.25, -0.2) is 0 Å². The Balaban J connectivity index is 1.84. The van der Waals surface area contributed by atoms with Crippen LogP contribution in [0.25, 0.3) is 0 Å². The molecular formula is C29H31NO5. The molecular weight excluding hydrogens is 442 g/mol. The van der Waals surface area contributed by atoms with Crippen LogP contribution >= 0.6 is 0 Å². The molecule has 0 radical (unpaired) electrons. The molecule has 0 saturated carbocycles. The predicted octanol–water partition coefficient (Wildman–Crippen LogP) is 5.18. The van der Waals surface area contributed by atoms with Crippen LogP contribution in [0.2, 0.25) is 0 Å². The molecule has 0 aliphatic heterocycles. The highest BCUT2D eigenvalue weighted by atomic mass is 16.6. The van der Waals surface area contributed by atoms with E-state index in [1.165, 1.54) is 0 Å². The fourth-order valence-electron chi connectivity index (χ4n) is 4.23. The Kier molecular flexibility index (Phi) is 9.30. The number of carbonyl (C=O) groups excluding carboxylic acids is 3. The first kappa shape index (κ1) is 25.8. The molecule has 0 amide bonds. The minimum Gasteiger partial charge on any atom is -0.465 e. The quantitative estimate of drug-likeness (QED) is 0.217. The molecule has 0 N–H and O–H groups in total. The van der Waals surface area contributed by atoms with Crippen molar-refractivity contribution in [3.05, 3.63) is 100 Å². The van der Waals surface area contributed by atoms with Crippen molar-refractivity contribution in [1.29, 1.82) is 0 Å². The van der Waals surface area contributed by atoms with Gasteiger partial charge in [0.25, 0.3) is 0 Å². The number of ether oxygens (including phenoxy) is 2. The second-order valence-electron chi connectivity index (χ2n) is 8.25. The molecule has 1 heterocycles. The first-order valence-electron chi connectivity index (χ1n) is 11.9. The van der Waals surface area contributed by atoms with E-state index in [0.29, 0.717) is 11.1 Å². The highest BCUT2D eigenvalue weighted by Crippen LogP contribution is 2.32. The van der Waals surface area contributed by atoms with E-state index >= 15 is 0 Å². The maximum absolute atomic E-state index is 12.4. The minimum absolute atomic E-state index is 0.0181. The molecule has 35 heavy (non-hydrogen) atoms. The van der Waals surface area contributed by atoms with Crippen molar-refractivity contribution in [2.75, 3.05) is 13.2 Å². The number of hydrogen-bond acceptors (Lipinski definition) is 6. The van der Waals surface area contributed by atoms with Crippen molar-refractivity contribution in [2.45, 2.75) is 45.4 Å². The molecule has 6 nitrogen and oxygen atoms in total. The zero-order chi connectivity index (χ0) is 25.2. The van der Waals surface area contributed by atoms with Gasteiger partial charge in [-0.3, -0.25) is 19.4 Å². The average Bonchev–Trinajstić information content (AvgIpc) is 2.86. The monoisotopic (exact) mass is 473 g/mol. The second-order valence-corrected chi connectivity index (χ2v) is 8.25. The number of pyridine rings is 1. The summed E-state index contributed by atoms with van der Waals surface area (Å²) in [4.78, 5) is 40.8. The van der Waals surface area contributed by atoms with Gasteiger partial charge in [-0.2, -0.15) is 0 Å². The van der Waals surface area contributed by atoms with Gasteiger partial charge in [0, 0.05) is 23.4 Å². The van der Waals surface area contributed by atoms with Crippen molar-refractivity contribution in [2.24, 2.45) is 0 Å². The Morgan fingerprint density at radius 3 is 2.17 bits per heavy atom. The number of carbonyl (C=O) groups is 3. The third kappa shape index (κ3) is 6.63. The molecule has 0 fully saturated rings. The van der Waals surface area contributed by atoms with E-state index in [1.807, 2.05) is 49.4 Å². The second kappa shape index (κ2) is 12.6. The fraction of sp³-hybridized carbons (Fsp3) is 0.310. The van der Waals surface area contributed by atoms with Crippen molar-refractivity contribution in [3.63, 3.8) is 0 Å². The summed E-state index contributed by atoms with van der Waals surface area (Å²) >= 11 is 0. The number of aldehydes is 1. The van der Waals surface area contributed by atoms with Crippen LogP contribution in [-0.4, -0.2) is 36.4 Å². The Labute approximate surface area is 206 Å². The van der Waals surface area contributed by atoms with Gasteiger partial charge in [0.2, 0.25) is 0 Å². The summed E-state index contributed by atoms with van der Waals surface area (Å²) in [6.45, 7) is 5.73. The minimum atomic E-state index is -1.10. The van der Waals surface area contributed by atoms with Crippen LogP contribution in [0.5, 0.6) is 0 Å². The van der Waals surface area contributed by atoms with Gasteiger partial charge in [0.15, 0.2) is 5.92 Å². The molecule has 0 unspecified atom stereocenters. The largest absolute Gasteiger partial charge is 0.465 e. The molecule has 1 atom stereocenters. The molecule has 0 aliphatic carbocycles. The van der Waals surface area contributed by atoms with Crippen LogP contribution in [0.4, 0.5) is 0 Å². The maximum atomic E-state index is 12.4. The lowest BCUT2D eigenvalue weighted by Gasteiger charge is -2.20. The number of aromatic nitrogens is 1. The Morgan fingerprint density at radius 1 is 0.914 bits per heavy atom. The molecule has 3 rings (SSSR count). The first-order chi connectivity index (χ1) is 17.0. The smallest absolute Gasteiger partial charge is 0.324 e. The van der Waals surface area contributed by atoms with Gasteiger partial charge >= 0.3 is 11.9 Å². The zero-order valence-electron chi connectivity index (χ0n) is 20.4. The standard InChI is InChI=1S/C29H31NO5/c1-4-34-28(32)27(29(33)35-5-2)22-13-10-21(11-14-22)12-15-26(23-16-17-30-20(3)18-23)25-9-7-6-8-24(25)19-31/h6-11,13-14,16-19,26-27H,4-5,12,15H2,1-3H3/t26-/m0/s1. The van der Waals surface area contributed by atoms with E-state index in [9.17, 15) is 14.4 Å². The summed E-state index contributed by atoms with van der Waals surface area (Å²) in [5, 5.41) is 0. The van der Waals surface area contributed by atoms with Gasteiger partial charge in [-0.1, -0.05) is 48.5 Å². The molecule has 2 aromatic carbocycles. The van der Waals surface area contributed by atoms with E-state index in [0.717, 1.165) is 41.5 Å². The Morgan fingerprint density at radius 2 is 1.57 bits per heavy atom. The number of nitrogens with zero attached hydrogens (tertiary/aromatic N) is 1. The zero-order valence-corrected chi connectivity index (χ0v) is 20.4. The molecule has 0 bridgehead atoms. The van der Waals surface area contributed by atoms with E-state index in [4.69, 9.17) is 9.47 Å². The highest BCUT2D eigenvalue weighted by molar-refractivity contribution is 6.00. The van der Waals surface area contributed by atoms with Crippen LogP contribution < -0.4 is 0 Å². The lowest BCUT2D eigenvalue weighted by atomic mass is 9.84. The summed E-state index contributed by atoms with van der Waals surface area (Å²) in [6.07, 6.45) is 4.20. The first-order valence-corrected chi connectivity index (χ1v) is 11.9. The number of rotatable bonds is 11.